The first-order valence-corrected chi connectivity index (χ1v) is 2.56. The Labute approximate surface area is 88.2 Å². The molecule has 0 fully saturated rings. The van der Waals surface area contributed by atoms with Crippen LogP contribution in [0.25, 0.3) is 0 Å². The Hall–Kier alpha value is 0.130. The number of carbonyl (C=O) groups is 1. The van der Waals surface area contributed by atoms with E-state index in [9.17, 15) is 4.79 Å². The molecule has 0 heterocycles. The van der Waals surface area contributed by atoms with Gasteiger partial charge in [-0.2, -0.15) is 7.11 Å². The van der Waals surface area contributed by atoms with Gasteiger partial charge in [-0.05, 0) is 0 Å². The summed E-state index contributed by atoms with van der Waals surface area (Å²) < 4.78 is 4.54. The standard InChI is InChI=1S/C5H8O3.CH3O.Na/c1-8-4-2-3-5(6)7;1-2;/h2-3H,4H2,1H3,(H,6,7);1H3;/q;-1;+1/b3-2+;;. The van der Waals surface area contributed by atoms with Crippen molar-refractivity contribution < 1.29 is 49.3 Å². The number of hydrogen-bond acceptors (Lipinski definition) is 3. The maximum Gasteiger partial charge on any atom is 1.00 e. The molecule has 0 aliphatic carbocycles. The number of hydrogen-bond donors (Lipinski definition) is 1. The van der Waals surface area contributed by atoms with E-state index in [1.165, 1.54) is 13.2 Å². The minimum absolute atomic E-state index is 0. The second kappa shape index (κ2) is 16.6. The molecule has 0 aromatic rings. The van der Waals surface area contributed by atoms with Gasteiger partial charge in [0.1, 0.15) is 0 Å². The third-order valence-electron chi connectivity index (χ3n) is 0.523. The van der Waals surface area contributed by atoms with Gasteiger partial charge >= 0.3 is 35.5 Å². The molecule has 0 rings (SSSR count). The number of aliphatic carboxylic acids is 1. The largest absolute Gasteiger partial charge is 1.00 e. The molecule has 0 spiro atoms. The van der Waals surface area contributed by atoms with Gasteiger partial charge in [-0.3, -0.25) is 0 Å². The van der Waals surface area contributed by atoms with E-state index in [2.05, 4.69) is 4.74 Å². The third-order valence-corrected chi connectivity index (χ3v) is 0.523. The summed E-state index contributed by atoms with van der Waals surface area (Å²) in [5, 5.41) is 16.2. The number of rotatable bonds is 3. The molecule has 0 radical (unpaired) electrons. The van der Waals surface area contributed by atoms with Gasteiger partial charge in [-0.25, -0.2) is 4.79 Å². The van der Waals surface area contributed by atoms with E-state index in [0.29, 0.717) is 6.61 Å². The van der Waals surface area contributed by atoms with Gasteiger partial charge in [0, 0.05) is 13.2 Å². The Balaban J connectivity index is -0.000000196. The molecule has 60 valence electrons. The molecule has 4 nitrogen and oxygen atoms in total. The van der Waals surface area contributed by atoms with Crippen LogP contribution < -0.4 is 34.7 Å². The Kier molecular flexibility index (Phi) is 26.1. The maximum atomic E-state index is 9.73. The molecular weight excluding hydrogens is 159 g/mol. The molecule has 0 bridgehead atoms. The fraction of sp³-hybridized carbons (Fsp3) is 0.500. The van der Waals surface area contributed by atoms with E-state index in [0.717, 1.165) is 13.2 Å². The Bertz CT molecular complexity index is 103. The minimum Gasteiger partial charge on any atom is -0.857 e. The average molecular weight is 170 g/mol. The molecule has 0 atom stereocenters. The molecule has 0 saturated heterocycles. The van der Waals surface area contributed by atoms with E-state index in [1.54, 1.807) is 0 Å². The van der Waals surface area contributed by atoms with Crippen LogP contribution in [0.5, 0.6) is 0 Å². The van der Waals surface area contributed by atoms with E-state index >= 15 is 0 Å². The van der Waals surface area contributed by atoms with Crippen molar-refractivity contribution in [1.82, 2.24) is 0 Å². The summed E-state index contributed by atoms with van der Waals surface area (Å²) in [7, 11) is 2.26. The summed E-state index contributed by atoms with van der Waals surface area (Å²) >= 11 is 0. The number of methoxy groups -OCH3 is 1. The zero-order chi connectivity index (χ0) is 8.41. The number of carboxylic acid groups (broad SMARTS) is 1. The van der Waals surface area contributed by atoms with Crippen LogP contribution in [0.1, 0.15) is 0 Å². The summed E-state index contributed by atoms with van der Waals surface area (Å²) in [6.07, 6.45) is 2.48. The van der Waals surface area contributed by atoms with Gasteiger partial charge in [0.2, 0.25) is 0 Å². The molecule has 0 aromatic carbocycles. The van der Waals surface area contributed by atoms with Crippen LogP contribution in [0.15, 0.2) is 12.2 Å². The van der Waals surface area contributed by atoms with Crippen LogP contribution in [0.2, 0.25) is 0 Å². The molecular formula is C6H11NaO4. The fourth-order valence-electron chi connectivity index (χ4n) is 0.245. The fourth-order valence-corrected chi connectivity index (χ4v) is 0.245. The smallest absolute Gasteiger partial charge is 0.857 e. The van der Waals surface area contributed by atoms with Gasteiger partial charge in [-0.1, -0.05) is 6.08 Å². The van der Waals surface area contributed by atoms with Crippen molar-refractivity contribution in [2.45, 2.75) is 0 Å². The van der Waals surface area contributed by atoms with Crippen LogP contribution in [-0.2, 0) is 9.53 Å². The third kappa shape index (κ3) is 25.4. The van der Waals surface area contributed by atoms with Crippen molar-refractivity contribution in [3.63, 3.8) is 0 Å². The van der Waals surface area contributed by atoms with Gasteiger partial charge in [0.05, 0.1) is 6.61 Å². The van der Waals surface area contributed by atoms with Crippen molar-refractivity contribution >= 4 is 5.97 Å². The van der Waals surface area contributed by atoms with Crippen LogP contribution in [0, 0.1) is 0 Å². The molecule has 0 aliphatic rings. The van der Waals surface area contributed by atoms with Gasteiger partial charge < -0.3 is 14.9 Å². The Morgan fingerprint density at radius 1 is 1.64 bits per heavy atom. The second-order valence-corrected chi connectivity index (χ2v) is 1.20. The molecule has 0 aromatic heterocycles. The second-order valence-electron chi connectivity index (χ2n) is 1.20. The monoisotopic (exact) mass is 170 g/mol. The SMILES string of the molecule is COC/C=C/C(=O)O.C[O-].[Na+]. The number of carboxylic acids is 1. The minimum atomic E-state index is -0.943. The molecule has 0 aliphatic heterocycles. The first-order valence-electron chi connectivity index (χ1n) is 2.56. The van der Waals surface area contributed by atoms with Crippen molar-refractivity contribution in [3.05, 3.63) is 12.2 Å². The quantitative estimate of drug-likeness (QED) is 0.349. The van der Waals surface area contributed by atoms with Crippen molar-refractivity contribution in [2.24, 2.45) is 0 Å². The molecule has 0 unspecified atom stereocenters. The normalized spacial score (nSPS) is 7.91. The number of ether oxygens (including phenoxy) is 1. The molecule has 5 heteroatoms. The summed E-state index contributed by atoms with van der Waals surface area (Å²) in [5.74, 6) is -0.943. The predicted octanol–water partition coefficient (Wildman–Crippen LogP) is -3.75. The Morgan fingerprint density at radius 3 is 2.36 bits per heavy atom. The predicted molar refractivity (Wildman–Crippen MR) is 34.6 cm³/mol. The van der Waals surface area contributed by atoms with Gasteiger partial charge in [0.25, 0.3) is 0 Å². The van der Waals surface area contributed by atoms with Gasteiger partial charge in [-0.15, -0.1) is 0 Å². The van der Waals surface area contributed by atoms with Gasteiger partial charge in [0.15, 0.2) is 0 Å². The van der Waals surface area contributed by atoms with E-state index in [-0.39, 0.29) is 29.6 Å². The molecule has 1 N–H and O–H groups in total. The van der Waals surface area contributed by atoms with Crippen molar-refractivity contribution in [1.29, 1.82) is 0 Å². The Morgan fingerprint density at radius 2 is 2.09 bits per heavy atom. The molecule has 0 saturated carbocycles. The molecule has 0 amide bonds. The van der Waals surface area contributed by atoms with Crippen molar-refractivity contribution in [2.75, 3.05) is 20.8 Å². The molecule has 11 heavy (non-hydrogen) atoms. The maximum absolute atomic E-state index is 9.73. The zero-order valence-electron chi connectivity index (χ0n) is 7.03. The van der Waals surface area contributed by atoms with E-state index in [1.807, 2.05) is 0 Å². The first kappa shape index (κ1) is 17.3. The summed E-state index contributed by atoms with van der Waals surface area (Å²) in [6.45, 7) is 0.353. The summed E-state index contributed by atoms with van der Waals surface area (Å²) in [5.41, 5.74) is 0. The van der Waals surface area contributed by atoms with E-state index in [4.69, 9.17) is 10.2 Å². The average Bonchev–Trinajstić information content (AvgIpc) is 1.92. The van der Waals surface area contributed by atoms with E-state index < -0.39 is 5.97 Å². The summed E-state index contributed by atoms with van der Waals surface area (Å²) in [6, 6.07) is 0. The zero-order valence-corrected chi connectivity index (χ0v) is 9.03. The topological polar surface area (TPSA) is 69.6 Å². The van der Waals surface area contributed by atoms with Crippen LogP contribution in [0.4, 0.5) is 0 Å². The van der Waals surface area contributed by atoms with Crippen LogP contribution in [-0.4, -0.2) is 31.9 Å². The van der Waals surface area contributed by atoms with Crippen LogP contribution >= 0.6 is 0 Å². The first-order chi connectivity index (χ1) is 4.77. The van der Waals surface area contributed by atoms with Crippen LogP contribution in [0.3, 0.4) is 0 Å². The summed E-state index contributed by atoms with van der Waals surface area (Å²) in [4.78, 5) is 9.73. The van der Waals surface area contributed by atoms with Crippen molar-refractivity contribution in [3.8, 4) is 0 Å².